The van der Waals surface area contributed by atoms with E-state index in [2.05, 4.69) is 10.6 Å². The summed E-state index contributed by atoms with van der Waals surface area (Å²) in [6.45, 7) is 13.9. The van der Waals surface area contributed by atoms with E-state index in [1.807, 2.05) is 77.9 Å². The van der Waals surface area contributed by atoms with Crippen molar-refractivity contribution >= 4 is 24.0 Å². The minimum absolute atomic E-state index is 0.0380. The van der Waals surface area contributed by atoms with Gasteiger partial charge < -0.3 is 48.9 Å². The molecule has 0 aliphatic rings. The molecule has 14 nitrogen and oxygen atoms in total. The first-order chi connectivity index (χ1) is 28.5. The van der Waals surface area contributed by atoms with Crippen LogP contribution in [-0.4, -0.2) is 113 Å². The third kappa shape index (κ3) is 21.4. The number of benzene rings is 2. The van der Waals surface area contributed by atoms with E-state index in [-0.39, 0.29) is 24.0 Å². The highest BCUT2D eigenvalue weighted by Gasteiger charge is 2.23. The number of amides is 4. The minimum Gasteiger partial charge on any atom is -0.497 e. The Kier molecular flexibility index (Phi) is 23.1. The SMILES string of the molecule is COc1ccc(OC)c(CCCC(=O)NCCCN(CCCCCCN(CCCNC(=O)CCCc2cc(OC)ccc2OC)C(=O)OC(C)(C)C)C(=O)OC(C)(C)C)c1. The molecule has 0 fully saturated rings. The van der Waals surface area contributed by atoms with Crippen LogP contribution in [0.3, 0.4) is 0 Å². The van der Waals surface area contributed by atoms with Gasteiger partial charge in [0.05, 0.1) is 28.4 Å². The number of hydrogen-bond donors (Lipinski definition) is 2. The number of unbranched alkanes of at least 4 members (excludes halogenated alkanes) is 3. The molecule has 338 valence electrons. The second-order valence-electron chi connectivity index (χ2n) is 16.8. The number of hydrogen-bond acceptors (Lipinski definition) is 10. The van der Waals surface area contributed by atoms with Crippen molar-refractivity contribution in [2.75, 3.05) is 67.7 Å². The average Bonchev–Trinajstić information content (AvgIpc) is 3.19. The zero-order chi connectivity index (χ0) is 44.6. The van der Waals surface area contributed by atoms with Gasteiger partial charge in [0.2, 0.25) is 11.8 Å². The number of carbonyl (C=O) groups excluding carboxylic acids is 4. The Bertz CT molecular complexity index is 1490. The molecular weight excluding hydrogens is 769 g/mol. The van der Waals surface area contributed by atoms with E-state index in [9.17, 15) is 19.2 Å². The van der Waals surface area contributed by atoms with Crippen molar-refractivity contribution in [1.29, 1.82) is 0 Å². The normalized spacial score (nSPS) is 11.3. The first-order valence-electron chi connectivity index (χ1n) is 21.4. The van der Waals surface area contributed by atoms with Gasteiger partial charge in [-0.25, -0.2) is 9.59 Å². The molecule has 0 radical (unpaired) electrons. The number of carbonyl (C=O) groups is 4. The standard InChI is InChI=1S/C46H74N4O10/c1-45(2,3)59-43(53)49(31-17-27-47-41(51)21-15-19-35-33-37(55-7)23-25-39(35)57-9)29-13-11-12-14-30-50(44(54)60-46(4,5)6)32-18-28-48-42(52)22-16-20-36-34-38(56-8)24-26-40(36)58-10/h23-26,33-34H,11-22,27-32H2,1-10H3,(H,47,51)(H,48,52). The number of nitrogens with one attached hydrogen (secondary N) is 2. The molecule has 0 bridgehead atoms. The van der Waals surface area contributed by atoms with Crippen molar-refractivity contribution in [3.63, 3.8) is 0 Å². The number of aryl methyl sites for hydroxylation is 2. The summed E-state index contributed by atoms with van der Waals surface area (Å²) in [6, 6.07) is 11.3. The molecule has 2 aromatic carbocycles. The molecule has 0 unspecified atom stereocenters. The van der Waals surface area contributed by atoms with E-state index < -0.39 is 11.2 Å². The predicted molar refractivity (Wildman–Crippen MR) is 234 cm³/mol. The van der Waals surface area contributed by atoms with E-state index in [0.29, 0.717) is 90.6 Å². The Morgan fingerprint density at radius 2 is 0.867 bits per heavy atom. The van der Waals surface area contributed by atoms with Gasteiger partial charge in [-0.2, -0.15) is 0 Å². The summed E-state index contributed by atoms with van der Waals surface area (Å²) in [5.74, 6) is 2.96. The van der Waals surface area contributed by atoms with Crippen molar-refractivity contribution in [2.24, 2.45) is 0 Å². The molecule has 0 spiro atoms. The molecule has 0 saturated heterocycles. The lowest BCUT2D eigenvalue weighted by Crippen LogP contribution is -2.39. The maximum absolute atomic E-state index is 13.1. The highest BCUT2D eigenvalue weighted by Crippen LogP contribution is 2.26. The largest absolute Gasteiger partial charge is 0.497 e. The third-order valence-electron chi connectivity index (χ3n) is 9.44. The zero-order valence-corrected chi connectivity index (χ0v) is 38.2. The average molecular weight is 843 g/mol. The van der Waals surface area contributed by atoms with Crippen molar-refractivity contribution in [3.8, 4) is 23.0 Å². The van der Waals surface area contributed by atoms with Crippen molar-refractivity contribution in [3.05, 3.63) is 47.5 Å². The van der Waals surface area contributed by atoms with Crippen molar-refractivity contribution < 1.29 is 47.6 Å². The van der Waals surface area contributed by atoms with Gasteiger partial charge in [0.15, 0.2) is 0 Å². The van der Waals surface area contributed by atoms with Crippen molar-refractivity contribution in [2.45, 2.75) is 130 Å². The lowest BCUT2D eigenvalue weighted by Gasteiger charge is -2.28. The Balaban J connectivity index is 1.77. The van der Waals surface area contributed by atoms with E-state index >= 15 is 0 Å². The Morgan fingerprint density at radius 3 is 1.20 bits per heavy atom. The Hall–Kier alpha value is -4.88. The number of ether oxygens (including phenoxy) is 6. The topological polar surface area (TPSA) is 154 Å². The minimum atomic E-state index is -0.630. The van der Waals surface area contributed by atoms with E-state index in [0.717, 1.165) is 59.8 Å². The van der Waals surface area contributed by atoms with Crippen LogP contribution < -0.4 is 29.6 Å². The number of nitrogens with zero attached hydrogens (tertiary/aromatic N) is 2. The van der Waals surface area contributed by atoms with Crippen LogP contribution in [0.2, 0.25) is 0 Å². The first-order valence-corrected chi connectivity index (χ1v) is 21.4. The highest BCUT2D eigenvalue weighted by molar-refractivity contribution is 5.76. The lowest BCUT2D eigenvalue weighted by molar-refractivity contribution is -0.122. The summed E-state index contributed by atoms with van der Waals surface area (Å²) in [5.41, 5.74) is 0.724. The molecule has 60 heavy (non-hydrogen) atoms. The Labute approximate surface area is 359 Å². The van der Waals surface area contributed by atoms with Crippen molar-refractivity contribution in [1.82, 2.24) is 20.4 Å². The van der Waals surface area contributed by atoms with Gasteiger partial charge >= 0.3 is 12.2 Å². The third-order valence-corrected chi connectivity index (χ3v) is 9.44. The van der Waals surface area contributed by atoms with Crippen LogP contribution in [0.15, 0.2) is 36.4 Å². The van der Waals surface area contributed by atoms with Crippen LogP contribution in [0.4, 0.5) is 9.59 Å². The van der Waals surface area contributed by atoms with Crippen LogP contribution in [0.1, 0.15) is 117 Å². The fourth-order valence-electron chi connectivity index (χ4n) is 6.41. The highest BCUT2D eigenvalue weighted by atomic mass is 16.6. The fourth-order valence-corrected chi connectivity index (χ4v) is 6.41. The Morgan fingerprint density at radius 1 is 0.500 bits per heavy atom. The van der Waals surface area contributed by atoms with E-state index in [1.165, 1.54) is 0 Å². The van der Waals surface area contributed by atoms with E-state index in [1.54, 1.807) is 38.2 Å². The first kappa shape index (κ1) is 51.3. The van der Waals surface area contributed by atoms with Crippen LogP contribution >= 0.6 is 0 Å². The quantitative estimate of drug-likeness (QED) is 0.0844. The zero-order valence-electron chi connectivity index (χ0n) is 38.2. The maximum atomic E-state index is 13.1. The maximum Gasteiger partial charge on any atom is 0.410 e. The predicted octanol–water partition coefficient (Wildman–Crippen LogP) is 8.11. The summed E-state index contributed by atoms with van der Waals surface area (Å²) in [6.07, 6.45) is 7.13. The van der Waals surface area contributed by atoms with Gasteiger partial charge in [-0.15, -0.1) is 0 Å². The second kappa shape index (κ2) is 27.1. The van der Waals surface area contributed by atoms with Crippen LogP contribution in [0, 0.1) is 0 Å². The molecule has 2 N–H and O–H groups in total. The lowest BCUT2D eigenvalue weighted by atomic mass is 10.1. The molecule has 2 rings (SSSR count). The van der Waals surface area contributed by atoms with Crippen LogP contribution in [0.25, 0.3) is 0 Å². The van der Waals surface area contributed by atoms with E-state index in [4.69, 9.17) is 28.4 Å². The summed E-state index contributed by atoms with van der Waals surface area (Å²) in [5, 5.41) is 5.96. The van der Waals surface area contributed by atoms with Gasteiger partial charge in [0.25, 0.3) is 0 Å². The van der Waals surface area contributed by atoms with Gasteiger partial charge in [0, 0.05) is 52.1 Å². The molecule has 0 heterocycles. The summed E-state index contributed by atoms with van der Waals surface area (Å²) in [7, 11) is 6.49. The molecule has 4 amide bonds. The smallest absolute Gasteiger partial charge is 0.410 e. The van der Waals surface area contributed by atoms with Gasteiger partial charge in [0.1, 0.15) is 34.2 Å². The molecule has 0 aliphatic carbocycles. The van der Waals surface area contributed by atoms with Gasteiger partial charge in [-0.3, -0.25) is 9.59 Å². The fraction of sp³-hybridized carbons (Fsp3) is 0.652. The number of methoxy groups -OCH3 is 4. The summed E-state index contributed by atoms with van der Waals surface area (Å²) in [4.78, 5) is 54.8. The van der Waals surface area contributed by atoms with Crippen LogP contribution in [-0.2, 0) is 31.9 Å². The monoisotopic (exact) mass is 843 g/mol. The van der Waals surface area contributed by atoms with Gasteiger partial charge in [-0.05, 0) is 140 Å². The molecule has 0 aliphatic heterocycles. The molecular formula is C46H74N4O10. The molecule has 0 aromatic heterocycles. The number of rotatable bonds is 27. The molecule has 14 heteroatoms. The van der Waals surface area contributed by atoms with Gasteiger partial charge in [-0.1, -0.05) is 12.8 Å². The summed E-state index contributed by atoms with van der Waals surface area (Å²) < 4.78 is 32.9. The van der Waals surface area contributed by atoms with Crippen LogP contribution in [0.5, 0.6) is 23.0 Å². The molecule has 0 atom stereocenters. The second-order valence-corrected chi connectivity index (χ2v) is 16.8. The summed E-state index contributed by atoms with van der Waals surface area (Å²) >= 11 is 0. The molecule has 0 saturated carbocycles. The molecule has 2 aromatic rings.